The first-order valence-electron chi connectivity index (χ1n) is 9.98. The first-order chi connectivity index (χ1) is 14.3. The van der Waals surface area contributed by atoms with Crippen LogP contribution in [0.15, 0.2) is 30.3 Å². The van der Waals surface area contributed by atoms with E-state index in [1.807, 2.05) is 17.9 Å². The Morgan fingerprint density at radius 3 is 2.30 bits per heavy atom. The van der Waals surface area contributed by atoms with Crippen molar-refractivity contribution in [2.24, 2.45) is 0 Å². The third kappa shape index (κ3) is 4.09. The molecule has 2 saturated heterocycles. The van der Waals surface area contributed by atoms with Crippen LogP contribution in [0.1, 0.15) is 18.9 Å². The lowest BCUT2D eigenvalue weighted by atomic mass is 9.87. The number of nitrogens with zero attached hydrogens (tertiary/aromatic N) is 4. The Bertz CT molecular complexity index is 822. The normalized spacial score (nSPS) is 22.1. The molecule has 162 valence electrons. The summed E-state index contributed by atoms with van der Waals surface area (Å²) in [5, 5.41) is 3.50. The molecule has 0 aliphatic carbocycles. The smallest absolute Gasteiger partial charge is 0.331 e. The lowest BCUT2D eigenvalue weighted by molar-refractivity contribution is -0.140. The number of hydrazine groups is 1. The number of rotatable bonds is 5. The zero-order valence-electron chi connectivity index (χ0n) is 17.6. The Hall–Kier alpha value is -3.14. The molecule has 1 atom stereocenters. The van der Waals surface area contributed by atoms with Gasteiger partial charge < -0.3 is 15.1 Å². The highest BCUT2D eigenvalue weighted by Gasteiger charge is 2.52. The molecule has 10 heteroatoms. The quantitative estimate of drug-likeness (QED) is 0.666. The number of amides is 6. The lowest BCUT2D eigenvalue weighted by Gasteiger charge is -2.35. The number of carbonyl (C=O) groups is 4. The summed E-state index contributed by atoms with van der Waals surface area (Å²) < 4.78 is 0. The number of hydrogen-bond donors (Lipinski definition) is 2. The van der Waals surface area contributed by atoms with Gasteiger partial charge >= 0.3 is 12.1 Å². The van der Waals surface area contributed by atoms with E-state index in [9.17, 15) is 19.2 Å². The van der Waals surface area contributed by atoms with Gasteiger partial charge in [0.2, 0.25) is 0 Å². The molecule has 30 heavy (non-hydrogen) atoms. The molecule has 2 N–H and O–H groups in total. The van der Waals surface area contributed by atoms with Gasteiger partial charge in [0.1, 0.15) is 5.54 Å². The van der Waals surface area contributed by atoms with Crippen LogP contribution in [-0.2, 0) is 15.1 Å². The van der Waals surface area contributed by atoms with Gasteiger partial charge in [-0.1, -0.05) is 37.3 Å². The molecular formula is C20H28N6O4. The molecule has 2 aliphatic heterocycles. The van der Waals surface area contributed by atoms with Crippen LogP contribution in [0.4, 0.5) is 9.59 Å². The molecule has 1 aromatic rings. The largest absolute Gasteiger partial charge is 0.344 e. The number of imide groups is 1. The number of nitrogens with one attached hydrogen (secondary N) is 2. The van der Waals surface area contributed by atoms with Gasteiger partial charge in [0, 0.05) is 40.3 Å². The molecule has 10 nitrogen and oxygen atoms in total. The number of hydrogen-bond acceptors (Lipinski definition) is 5. The number of piperazine rings is 1. The van der Waals surface area contributed by atoms with E-state index < -0.39 is 23.4 Å². The monoisotopic (exact) mass is 416 g/mol. The molecule has 0 saturated carbocycles. The van der Waals surface area contributed by atoms with E-state index in [4.69, 9.17) is 0 Å². The van der Waals surface area contributed by atoms with E-state index in [0.717, 1.165) is 5.01 Å². The second-order valence-corrected chi connectivity index (χ2v) is 7.67. The highest BCUT2D eigenvalue weighted by atomic mass is 16.2. The van der Waals surface area contributed by atoms with Crippen molar-refractivity contribution in [1.82, 2.24) is 30.5 Å². The van der Waals surface area contributed by atoms with Crippen molar-refractivity contribution >= 4 is 23.9 Å². The zero-order valence-corrected chi connectivity index (χ0v) is 17.6. The van der Waals surface area contributed by atoms with Crippen LogP contribution in [0.25, 0.3) is 0 Å². The Labute approximate surface area is 175 Å². The summed E-state index contributed by atoms with van der Waals surface area (Å²) >= 11 is 0. The van der Waals surface area contributed by atoms with Crippen molar-refractivity contribution < 1.29 is 19.2 Å². The predicted molar refractivity (Wildman–Crippen MR) is 109 cm³/mol. The molecule has 0 bridgehead atoms. The maximum Gasteiger partial charge on any atom is 0.344 e. The van der Waals surface area contributed by atoms with Crippen LogP contribution in [0.2, 0.25) is 0 Å². The van der Waals surface area contributed by atoms with Gasteiger partial charge in [-0.2, -0.15) is 5.01 Å². The lowest BCUT2D eigenvalue weighted by Crippen LogP contribution is -2.55. The number of benzene rings is 1. The molecule has 3 rings (SSSR count). The highest BCUT2D eigenvalue weighted by Crippen LogP contribution is 2.31. The topological polar surface area (TPSA) is 105 Å². The minimum Gasteiger partial charge on any atom is -0.331 e. The van der Waals surface area contributed by atoms with Crippen LogP contribution >= 0.6 is 0 Å². The summed E-state index contributed by atoms with van der Waals surface area (Å²) in [5.74, 6) is -0.957. The SMILES string of the molecule is CCC1(c2ccccc2)NC(=O)N(NC(=O)CN2CCN(C(=O)N(C)C)CC2)C1=O. The summed E-state index contributed by atoms with van der Waals surface area (Å²) in [6.07, 6.45) is 0.357. The van der Waals surface area contributed by atoms with Crippen molar-refractivity contribution in [2.75, 3.05) is 46.8 Å². The number of carbonyl (C=O) groups excluding carboxylic acids is 4. The minimum atomic E-state index is -1.19. The highest BCUT2D eigenvalue weighted by molar-refractivity contribution is 6.08. The summed E-state index contributed by atoms with van der Waals surface area (Å²) in [5.41, 5.74) is 1.92. The fourth-order valence-electron chi connectivity index (χ4n) is 3.78. The second kappa shape index (κ2) is 8.70. The summed E-state index contributed by atoms with van der Waals surface area (Å²) in [6, 6.07) is 8.28. The molecule has 0 spiro atoms. The Morgan fingerprint density at radius 1 is 1.10 bits per heavy atom. The third-order valence-corrected chi connectivity index (χ3v) is 5.52. The van der Waals surface area contributed by atoms with Crippen molar-refractivity contribution in [3.63, 3.8) is 0 Å². The maximum atomic E-state index is 13.0. The van der Waals surface area contributed by atoms with Crippen LogP contribution < -0.4 is 10.7 Å². The Kier molecular flexibility index (Phi) is 6.25. The molecule has 1 unspecified atom stereocenters. The van der Waals surface area contributed by atoms with Crippen molar-refractivity contribution in [2.45, 2.75) is 18.9 Å². The molecular weight excluding hydrogens is 388 g/mol. The molecule has 0 radical (unpaired) electrons. The molecule has 1 aromatic carbocycles. The van der Waals surface area contributed by atoms with E-state index in [0.29, 0.717) is 38.2 Å². The molecule has 2 aliphatic rings. The zero-order chi connectivity index (χ0) is 21.9. The van der Waals surface area contributed by atoms with E-state index in [1.54, 1.807) is 43.3 Å². The Morgan fingerprint density at radius 2 is 1.73 bits per heavy atom. The van der Waals surface area contributed by atoms with Gasteiger partial charge in [-0.25, -0.2) is 9.59 Å². The molecule has 0 aromatic heterocycles. The Balaban J connectivity index is 1.59. The second-order valence-electron chi connectivity index (χ2n) is 7.67. The molecule has 2 fully saturated rings. The van der Waals surface area contributed by atoms with Gasteiger partial charge in [-0.05, 0) is 12.0 Å². The van der Waals surface area contributed by atoms with Crippen molar-refractivity contribution in [3.05, 3.63) is 35.9 Å². The van der Waals surface area contributed by atoms with Crippen molar-refractivity contribution in [3.8, 4) is 0 Å². The van der Waals surface area contributed by atoms with Gasteiger partial charge in [0.25, 0.3) is 11.8 Å². The summed E-state index contributed by atoms with van der Waals surface area (Å²) in [6.45, 7) is 3.95. The average Bonchev–Trinajstić information content (AvgIpc) is 2.99. The molecule has 2 heterocycles. The first-order valence-corrected chi connectivity index (χ1v) is 9.98. The van der Waals surface area contributed by atoms with Gasteiger partial charge in [-0.15, -0.1) is 0 Å². The van der Waals surface area contributed by atoms with E-state index in [1.165, 1.54) is 4.90 Å². The van der Waals surface area contributed by atoms with Crippen LogP contribution in [0.5, 0.6) is 0 Å². The van der Waals surface area contributed by atoms with Crippen molar-refractivity contribution in [1.29, 1.82) is 0 Å². The van der Waals surface area contributed by atoms with Gasteiger partial charge in [0.05, 0.1) is 6.54 Å². The third-order valence-electron chi connectivity index (χ3n) is 5.52. The van der Waals surface area contributed by atoms with E-state index >= 15 is 0 Å². The van der Waals surface area contributed by atoms with Crippen LogP contribution in [0, 0.1) is 0 Å². The minimum absolute atomic E-state index is 0.0333. The first kappa shape index (κ1) is 21.6. The van der Waals surface area contributed by atoms with E-state index in [-0.39, 0.29) is 12.6 Å². The average molecular weight is 416 g/mol. The fourth-order valence-corrected chi connectivity index (χ4v) is 3.78. The van der Waals surface area contributed by atoms with Crippen LogP contribution in [-0.4, -0.2) is 90.4 Å². The maximum absolute atomic E-state index is 13.0. The molecule has 6 amide bonds. The van der Waals surface area contributed by atoms with Gasteiger partial charge in [0.15, 0.2) is 0 Å². The predicted octanol–water partition coefficient (Wildman–Crippen LogP) is 0.174. The summed E-state index contributed by atoms with van der Waals surface area (Å²) in [4.78, 5) is 55.1. The van der Waals surface area contributed by atoms with Crippen LogP contribution in [0.3, 0.4) is 0 Å². The standard InChI is InChI=1S/C20H28N6O4/c1-4-20(15-8-6-5-7-9-15)17(28)26(18(29)21-20)22-16(27)14-24-10-12-25(13-11-24)19(30)23(2)3/h5-9H,4,10-14H2,1-3H3,(H,21,29)(H,22,27). The fraction of sp³-hybridized carbons (Fsp3) is 0.500. The number of urea groups is 2. The van der Waals surface area contributed by atoms with E-state index in [2.05, 4.69) is 10.7 Å². The van der Waals surface area contributed by atoms with Gasteiger partial charge in [-0.3, -0.25) is 19.9 Å². The summed E-state index contributed by atoms with van der Waals surface area (Å²) in [7, 11) is 3.40.